The van der Waals surface area contributed by atoms with Gasteiger partial charge in [0, 0.05) is 18.9 Å². The molecule has 1 saturated carbocycles. The Labute approximate surface area is 89.0 Å². The second-order valence-electron chi connectivity index (χ2n) is 4.66. The van der Waals surface area contributed by atoms with E-state index < -0.39 is 5.97 Å². The summed E-state index contributed by atoms with van der Waals surface area (Å²) in [7, 11) is 0. The van der Waals surface area contributed by atoms with Gasteiger partial charge in [0.2, 0.25) is 5.91 Å². The third kappa shape index (κ3) is 2.30. The van der Waals surface area contributed by atoms with Crippen molar-refractivity contribution in [1.29, 1.82) is 0 Å². The van der Waals surface area contributed by atoms with E-state index in [0.717, 1.165) is 19.3 Å². The zero-order chi connectivity index (χ0) is 10.8. The molecule has 84 valence electrons. The van der Waals surface area contributed by atoms with Gasteiger partial charge in [0.25, 0.3) is 0 Å². The van der Waals surface area contributed by atoms with Crippen LogP contribution in [-0.4, -0.2) is 23.0 Å². The Morgan fingerprint density at radius 2 is 2.20 bits per heavy atom. The summed E-state index contributed by atoms with van der Waals surface area (Å²) in [5.41, 5.74) is 0. The van der Waals surface area contributed by atoms with Crippen LogP contribution in [-0.2, 0) is 9.59 Å². The molecular formula is C11H17NO3. The number of amides is 1. The van der Waals surface area contributed by atoms with Crippen LogP contribution in [0.4, 0.5) is 0 Å². The molecule has 1 amide bonds. The lowest BCUT2D eigenvalue weighted by atomic mass is 9.88. The zero-order valence-corrected chi connectivity index (χ0v) is 8.74. The first-order valence-electron chi connectivity index (χ1n) is 5.68. The van der Waals surface area contributed by atoms with Crippen LogP contribution in [0.15, 0.2) is 0 Å². The highest BCUT2D eigenvalue weighted by molar-refractivity contribution is 5.77. The summed E-state index contributed by atoms with van der Waals surface area (Å²) in [5.74, 6) is 0.385. The third-order valence-corrected chi connectivity index (χ3v) is 3.72. The molecule has 0 aromatic carbocycles. The summed E-state index contributed by atoms with van der Waals surface area (Å²) >= 11 is 0. The van der Waals surface area contributed by atoms with Gasteiger partial charge in [-0.1, -0.05) is 0 Å². The van der Waals surface area contributed by atoms with Gasteiger partial charge in [-0.05, 0) is 37.5 Å². The van der Waals surface area contributed by atoms with Gasteiger partial charge in [0.15, 0.2) is 0 Å². The normalized spacial score (nSPS) is 34.7. The number of piperidine rings is 1. The maximum Gasteiger partial charge on any atom is 0.303 e. The second kappa shape index (κ2) is 4.21. The molecule has 2 aliphatic rings. The highest BCUT2D eigenvalue weighted by atomic mass is 16.4. The highest BCUT2D eigenvalue weighted by Gasteiger charge is 2.39. The lowest BCUT2D eigenvalue weighted by Crippen LogP contribution is -2.45. The molecule has 1 heterocycles. The van der Waals surface area contributed by atoms with Crippen molar-refractivity contribution in [2.45, 2.75) is 44.6 Å². The molecule has 2 N–H and O–H groups in total. The van der Waals surface area contributed by atoms with E-state index in [9.17, 15) is 9.59 Å². The van der Waals surface area contributed by atoms with Crippen LogP contribution in [0.5, 0.6) is 0 Å². The van der Waals surface area contributed by atoms with E-state index in [2.05, 4.69) is 5.32 Å². The topological polar surface area (TPSA) is 66.4 Å². The van der Waals surface area contributed by atoms with E-state index in [0.29, 0.717) is 24.7 Å². The van der Waals surface area contributed by atoms with Crippen LogP contribution in [0.2, 0.25) is 0 Å². The highest BCUT2D eigenvalue weighted by Crippen LogP contribution is 2.38. The van der Waals surface area contributed by atoms with Crippen molar-refractivity contribution in [1.82, 2.24) is 5.32 Å². The molecule has 0 aromatic heterocycles. The molecule has 2 fully saturated rings. The van der Waals surface area contributed by atoms with Crippen LogP contribution in [0, 0.1) is 11.8 Å². The maximum atomic E-state index is 11.3. The number of carbonyl (C=O) groups is 2. The van der Waals surface area contributed by atoms with E-state index in [4.69, 9.17) is 5.11 Å². The van der Waals surface area contributed by atoms with Gasteiger partial charge in [-0.3, -0.25) is 9.59 Å². The van der Waals surface area contributed by atoms with E-state index in [1.807, 2.05) is 0 Å². The van der Waals surface area contributed by atoms with E-state index in [1.54, 1.807) is 0 Å². The van der Waals surface area contributed by atoms with Crippen molar-refractivity contribution in [3.63, 3.8) is 0 Å². The number of hydrogen-bond acceptors (Lipinski definition) is 2. The average molecular weight is 211 g/mol. The van der Waals surface area contributed by atoms with E-state index in [1.165, 1.54) is 0 Å². The van der Waals surface area contributed by atoms with Crippen LogP contribution in [0.3, 0.4) is 0 Å². The summed E-state index contributed by atoms with van der Waals surface area (Å²) in [6.07, 6.45) is 4.78. The van der Waals surface area contributed by atoms with Crippen LogP contribution >= 0.6 is 0 Å². The quantitative estimate of drug-likeness (QED) is 0.736. The molecular weight excluding hydrogens is 194 g/mol. The minimum Gasteiger partial charge on any atom is -0.481 e. The van der Waals surface area contributed by atoms with Crippen molar-refractivity contribution in [3.05, 3.63) is 0 Å². The summed E-state index contributed by atoms with van der Waals surface area (Å²) in [6.45, 7) is 0. The average Bonchev–Trinajstić information content (AvgIpc) is 2.57. The fourth-order valence-electron chi connectivity index (χ4n) is 2.94. The molecule has 15 heavy (non-hydrogen) atoms. The molecule has 1 aliphatic carbocycles. The molecule has 4 nitrogen and oxygen atoms in total. The molecule has 3 unspecified atom stereocenters. The number of carboxylic acid groups (broad SMARTS) is 1. The van der Waals surface area contributed by atoms with Crippen molar-refractivity contribution in [2.24, 2.45) is 11.8 Å². The molecule has 3 atom stereocenters. The summed E-state index contributed by atoms with van der Waals surface area (Å²) < 4.78 is 0. The molecule has 0 radical (unpaired) electrons. The number of aliphatic carboxylic acids is 1. The number of nitrogens with one attached hydrogen (secondary N) is 1. The molecule has 1 saturated heterocycles. The van der Waals surface area contributed by atoms with Gasteiger partial charge >= 0.3 is 5.97 Å². The van der Waals surface area contributed by atoms with Gasteiger partial charge in [-0.15, -0.1) is 0 Å². The Bertz CT molecular complexity index is 277. The third-order valence-electron chi connectivity index (χ3n) is 3.72. The minimum atomic E-state index is -0.736. The summed E-state index contributed by atoms with van der Waals surface area (Å²) in [5, 5.41) is 11.7. The van der Waals surface area contributed by atoms with E-state index >= 15 is 0 Å². The number of hydrogen-bond donors (Lipinski definition) is 2. The number of carbonyl (C=O) groups excluding carboxylic acids is 1. The van der Waals surface area contributed by atoms with Crippen molar-refractivity contribution < 1.29 is 14.7 Å². The summed E-state index contributed by atoms with van der Waals surface area (Å²) in [6, 6.07) is 0.255. The number of carboxylic acids is 1. The Balaban J connectivity index is 1.90. The predicted molar refractivity (Wildman–Crippen MR) is 54.2 cm³/mol. The Morgan fingerprint density at radius 3 is 2.93 bits per heavy atom. The first-order chi connectivity index (χ1) is 7.16. The van der Waals surface area contributed by atoms with Gasteiger partial charge in [0.1, 0.15) is 0 Å². The first kappa shape index (κ1) is 10.5. The minimum absolute atomic E-state index is 0.137. The standard InChI is InChI=1S/C11H17NO3/c13-9-5-3-7-1-2-8(11(7)12-9)4-6-10(14)15/h7-8,11H,1-6H2,(H,12,13)(H,14,15). The van der Waals surface area contributed by atoms with Crippen molar-refractivity contribution in [2.75, 3.05) is 0 Å². The van der Waals surface area contributed by atoms with Crippen LogP contribution in [0.1, 0.15) is 38.5 Å². The Hall–Kier alpha value is -1.06. The van der Waals surface area contributed by atoms with Crippen molar-refractivity contribution in [3.8, 4) is 0 Å². The SMILES string of the molecule is O=C(O)CCC1CCC2CCC(=O)NC12. The zero-order valence-electron chi connectivity index (χ0n) is 8.74. The van der Waals surface area contributed by atoms with Gasteiger partial charge in [-0.25, -0.2) is 0 Å². The van der Waals surface area contributed by atoms with Gasteiger partial charge < -0.3 is 10.4 Å². The van der Waals surface area contributed by atoms with Crippen LogP contribution in [0.25, 0.3) is 0 Å². The monoisotopic (exact) mass is 211 g/mol. The fourth-order valence-corrected chi connectivity index (χ4v) is 2.94. The molecule has 0 bridgehead atoms. The first-order valence-corrected chi connectivity index (χ1v) is 5.68. The Morgan fingerprint density at radius 1 is 1.40 bits per heavy atom. The Kier molecular flexibility index (Phi) is 2.93. The fraction of sp³-hybridized carbons (Fsp3) is 0.818. The number of rotatable bonds is 3. The van der Waals surface area contributed by atoms with Gasteiger partial charge in [0.05, 0.1) is 0 Å². The predicted octanol–water partition coefficient (Wildman–Crippen LogP) is 1.16. The molecule has 1 aliphatic heterocycles. The van der Waals surface area contributed by atoms with E-state index in [-0.39, 0.29) is 18.4 Å². The number of fused-ring (bicyclic) bond motifs is 1. The molecule has 0 aromatic rings. The maximum absolute atomic E-state index is 11.3. The second-order valence-corrected chi connectivity index (χ2v) is 4.66. The molecule has 0 spiro atoms. The lowest BCUT2D eigenvalue weighted by Gasteiger charge is -2.30. The molecule has 2 rings (SSSR count). The van der Waals surface area contributed by atoms with Crippen LogP contribution < -0.4 is 5.32 Å². The molecule has 4 heteroatoms. The smallest absolute Gasteiger partial charge is 0.303 e. The van der Waals surface area contributed by atoms with Crippen molar-refractivity contribution >= 4 is 11.9 Å². The lowest BCUT2D eigenvalue weighted by molar-refractivity contribution is -0.137. The van der Waals surface area contributed by atoms with Gasteiger partial charge in [-0.2, -0.15) is 0 Å². The summed E-state index contributed by atoms with van der Waals surface area (Å²) in [4.78, 5) is 21.8. The largest absolute Gasteiger partial charge is 0.481 e.